The molecule has 1 aliphatic rings. The van der Waals surface area contributed by atoms with Crippen LogP contribution >= 0.6 is 11.6 Å². The van der Waals surface area contributed by atoms with E-state index in [0.29, 0.717) is 0 Å². The zero-order valence-electron chi connectivity index (χ0n) is 10.1. The van der Waals surface area contributed by atoms with Gasteiger partial charge in [-0.3, -0.25) is 0 Å². The highest BCUT2D eigenvalue weighted by molar-refractivity contribution is 6.30. The lowest BCUT2D eigenvalue weighted by Gasteiger charge is -2.39. The Bertz CT molecular complexity index is 406. The predicted octanol–water partition coefficient (Wildman–Crippen LogP) is 3.17. The molecule has 17 heavy (non-hydrogen) atoms. The number of benzene rings is 1. The SMILES string of the molecule is CC(NCC1(C)COC1)c1ccc(Cl)c(F)c1. The Morgan fingerprint density at radius 2 is 2.24 bits per heavy atom. The molecule has 0 spiro atoms. The molecule has 2 nitrogen and oxygen atoms in total. The van der Waals surface area contributed by atoms with Gasteiger partial charge in [-0.25, -0.2) is 4.39 Å². The van der Waals surface area contributed by atoms with Crippen LogP contribution in [0, 0.1) is 11.2 Å². The van der Waals surface area contributed by atoms with E-state index in [0.717, 1.165) is 25.3 Å². The first-order valence-electron chi connectivity index (χ1n) is 5.76. The number of hydrogen-bond acceptors (Lipinski definition) is 2. The van der Waals surface area contributed by atoms with Crippen molar-refractivity contribution < 1.29 is 9.13 Å². The van der Waals surface area contributed by atoms with Gasteiger partial charge in [-0.05, 0) is 24.6 Å². The first-order valence-corrected chi connectivity index (χ1v) is 6.14. The smallest absolute Gasteiger partial charge is 0.142 e. The van der Waals surface area contributed by atoms with Crippen molar-refractivity contribution in [3.8, 4) is 0 Å². The van der Waals surface area contributed by atoms with E-state index >= 15 is 0 Å². The molecule has 1 fully saturated rings. The molecule has 1 saturated heterocycles. The molecule has 0 bridgehead atoms. The van der Waals surface area contributed by atoms with E-state index in [9.17, 15) is 4.39 Å². The van der Waals surface area contributed by atoms with Crippen molar-refractivity contribution in [3.05, 3.63) is 34.6 Å². The molecule has 0 aliphatic carbocycles. The first-order chi connectivity index (χ1) is 8.00. The number of halogens is 2. The lowest BCUT2D eigenvalue weighted by atomic mass is 9.88. The molecule has 1 aromatic rings. The summed E-state index contributed by atoms with van der Waals surface area (Å²) in [6, 6.07) is 5.04. The fraction of sp³-hybridized carbons (Fsp3) is 0.538. The average molecular weight is 258 g/mol. The third kappa shape index (κ3) is 2.97. The van der Waals surface area contributed by atoms with E-state index in [-0.39, 0.29) is 22.3 Å². The average Bonchev–Trinajstić information content (AvgIpc) is 2.27. The van der Waals surface area contributed by atoms with Crippen LogP contribution in [0.2, 0.25) is 5.02 Å². The largest absolute Gasteiger partial charge is 0.380 e. The van der Waals surface area contributed by atoms with Crippen molar-refractivity contribution in [1.82, 2.24) is 5.32 Å². The minimum atomic E-state index is -0.365. The zero-order valence-corrected chi connectivity index (χ0v) is 10.9. The lowest BCUT2D eigenvalue weighted by Crippen LogP contribution is -2.47. The second-order valence-electron chi connectivity index (χ2n) is 5.08. The van der Waals surface area contributed by atoms with Gasteiger partial charge in [0, 0.05) is 18.0 Å². The molecular formula is C13H17ClFNO. The van der Waals surface area contributed by atoms with Crippen LogP contribution in [-0.4, -0.2) is 19.8 Å². The molecule has 94 valence electrons. The fourth-order valence-corrected chi connectivity index (χ4v) is 1.97. The molecule has 0 amide bonds. The summed E-state index contributed by atoms with van der Waals surface area (Å²) in [6.45, 7) is 6.66. The maximum absolute atomic E-state index is 13.3. The molecule has 1 heterocycles. The molecule has 4 heteroatoms. The molecule has 1 N–H and O–H groups in total. The van der Waals surface area contributed by atoms with Gasteiger partial charge in [0.1, 0.15) is 5.82 Å². The molecule has 1 aromatic carbocycles. The van der Waals surface area contributed by atoms with E-state index in [1.807, 2.05) is 13.0 Å². The highest BCUT2D eigenvalue weighted by Gasteiger charge is 2.33. The highest BCUT2D eigenvalue weighted by Crippen LogP contribution is 2.27. The summed E-state index contributed by atoms with van der Waals surface area (Å²) in [5.41, 5.74) is 1.13. The second-order valence-corrected chi connectivity index (χ2v) is 5.49. The number of nitrogens with one attached hydrogen (secondary N) is 1. The predicted molar refractivity (Wildman–Crippen MR) is 66.8 cm³/mol. The van der Waals surface area contributed by atoms with Crippen LogP contribution in [0.4, 0.5) is 4.39 Å². The monoisotopic (exact) mass is 257 g/mol. The number of rotatable bonds is 4. The summed E-state index contributed by atoms with van der Waals surface area (Å²) >= 11 is 5.65. The third-order valence-electron chi connectivity index (χ3n) is 3.18. The van der Waals surface area contributed by atoms with Gasteiger partial charge in [0.25, 0.3) is 0 Å². The Morgan fingerprint density at radius 3 is 2.76 bits per heavy atom. The zero-order chi connectivity index (χ0) is 12.5. The third-order valence-corrected chi connectivity index (χ3v) is 3.49. The summed E-state index contributed by atoms with van der Waals surface area (Å²) in [6.07, 6.45) is 0. The Hall–Kier alpha value is -0.640. The van der Waals surface area contributed by atoms with Crippen LogP contribution < -0.4 is 5.32 Å². The Labute approximate surface area is 106 Å². The van der Waals surface area contributed by atoms with Gasteiger partial charge in [0.05, 0.1) is 18.2 Å². The maximum Gasteiger partial charge on any atom is 0.142 e. The van der Waals surface area contributed by atoms with Crippen LogP contribution in [0.1, 0.15) is 25.5 Å². The summed E-state index contributed by atoms with van der Waals surface area (Å²) in [5, 5.41) is 3.57. The standard InChI is InChI=1S/C13H17ClFNO/c1-9(16-6-13(2)7-17-8-13)10-3-4-11(14)12(15)5-10/h3-5,9,16H,6-8H2,1-2H3. The molecule has 2 rings (SSSR count). The molecule has 1 aliphatic heterocycles. The topological polar surface area (TPSA) is 21.3 Å². The van der Waals surface area contributed by atoms with Crippen LogP contribution in [0.5, 0.6) is 0 Å². The Balaban J connectivity index is 1.94. The molecule has 1 unspecified atom stereocenters. The summed E-state index contributed by atoms with van der Waals surface area (Å²) in [5.74, 6) is -0.365. The molecule has 1 atom stereocenters. The summed E-state index contributed by atoms with van der Waals surface area (Å²) in [7, 11) is 0. The number of ether oxygens (including phenoxy) is 1. The minimum absolute atomic E-state index is 0.110. The molecule has 0 radical (unpaired) electrons. The summed E-state index contributed by atoms with van der Waals surface area (Å²) < 4.78 is 18.5. The number of hydrogen-bond donors (Lipinski definition) is 1. The van der Waals surface area contributed by atoms with Crippen LogP contribution in [0.25, 0.3) is 0 Å². The quantitative estimate of drug-likeness (QED) is 0.895. The fourth-order valence-electron chi connectivity index (χ4n) is 1.85. The van der Waals surface area contributed by atoms with Crippen molar-refractivity contribution in [1.29, 1.82) is 0 Å². The molecular weight excluding hydrogens is 241 g/mol. The van der Waals surface area contributed by atoms with Gasteiger partial charge in [-0.15, -0.1) is 0 Å². The van der Waals surface area contributed by atoms with Gasteiger partial charge in [-0.2, -0.15) is 0 Å². The lowest BCUT2D eigenvalue weighted by molar-refractivity contribution is -0.0999. The van der Waals surface area contributed by atoms with Gasteiger partial charge in [0.15, 0.2) is 0 Å². The normalized spacial score (nSPS) is 19.8. The summed E-state index contributed by atoms with van der Waals surface area (Å²) in [4.78, 5) is 0. The first kappa shape index (κ1) is 12.8. The molecule has 0 saturated carbocycles. The van der Waals surface area contributed by atoms with Crippen molar-refractivity contribution in [2.45, 2.75) is 19.9 Å². The van der Waals surface area contributed by atoms with E-state index in [1.165, 1.54) is 6.07 Å². The highest BCUT2D eigenvalue weighted by atomic mass is 35.5. The van der Waals surface area contributed by atoms with E-state index in [1.54, 1.807) is 6.07 Å². The van der Waals surface area contributed by atoms with E-state index in [2.05, 4.69) is 12.2 Å². The van der Waals surface area contributed by atoms with Crippen LogP contribution in [0.15, 0.2) is 18.2 Å². The Morgan fingerprint density at radius 1 is 1.53 bits per heavy atom. The molecule has 0 aromatic heterocycles. The minimum Gasteiger partial charge on any atom is -0.380 e. The van der Waals surface area contributed by atoms with Crippen molar-refractivity contribution in [2.75, 3.05) is 19.8 Å². The van der Waals surface area contributed by atoms with Gasteiger partial charge in [-0.1, -0.05) is 24.6 Å². The van der Waals surface area contributed by atoms with Crippen molar-refractivity contribution in [2.24, 2.45) is 5.41 Å². The maximum atomic E-state index is 13.3. The second kappa shape index (κ2) is 4.92. The van der Waals surface area contributed by atoms with E-state index < -0.39 is 0 Å². The van der Waals surface area contributed by atoms with Crippen molar-refractivity contribution in [3.63, 3.8) is 0 Å². The van der Waals surface area contributed by atoms with Crippen LogP contribution in [0.3, 0.4) is 0 Å². The van der Waals surface area contributed by atoms with Gasteiger partial charge >= 0.3 is 0 Å². The van der Waals surface area contributed by atoms with Crippen LogP contribution in [-0.2, 0) is 4.74 Å². The Kier molecular flexibility index (Phi) is 3.71. The van der Waals surface area contributed by atoms with Crippen molar-refractivity contribution >= 4 is 11.6 Å². The van der Waals surface area contributed by atoms with Gasteiger partial charge in [0.2, 0.25) is 0 Å². The van der Waals surface area contributed by atoms with E-state index in [4.69, 9.17) is 16.3 Å². The van der Waals surface area contributed by atoms with Gasteiger partial charge < -0.3 is 10.1 Å².